The van der Waals surface area contributed by atoms with Gasteiger partial charge in [0.25, 0.3) is 0 Å². The molecule has 0 aromatic carbocycles. The number of amides is 2. The van der Waals surface area contributed by atoms with Gasteiger partial charge in [-0.25, -0.2) is 0 Å². The zero-order chi connectivity index (χ0) is 16.7. The van der Waals surface area contributed by atoms with Crippen molar-refractivity contribution in [1.29, 1.82) is 0 Å². The van der Waals surface area contributed by atoms with Crippen LogP contribution in [0.15, 0.2) is 0 Å². The maximum atomic E-state index is 12.1. The SMILES string of the molecule is CC(C)[C@H](N)C(=O)NCC(=O)N(C)CCC1CCCCN1C. The number of hydrogen-bond acceptors (Lipinski definition) is 4. The molecule has 6 nitrogen and oxygen atoms in total. The molecule has 0 bridgehead atoms. The Bertz CT molecular complexity index is 373. The number of nitrogens with one attached hydrogen (secondary N) is 1. The van der Waals surface area contributed by atoms with Crippen LogP contribution in [0.1, 0.15) is 39.5 Å². The molecule has 1 heterocycles. The first-order valence-corrected chi connectivity index (χ1v) is 8.30. The summed E-state index contributed by atoms with van der Waals surface area (Å²) in [6, 6.07) is 0.00180. The van der Waals surface area contributed by atoms with Crippen LogP contribution in [-0.2, 0) is 9.59 Å². The van der Waals surface area contributed by atoms with Gasteiger partial charge < -0.3 is 20.9 Å². The second-order valence-corrected chi connectivity index (χ2v) is 6.72. The van der Waals surface area contributed by atoms with Crippen molar-refractivity contribution in [2.45, 2.75) is 51.6 Å². The smallest absolute Gasteiger partial charge is 0.241 e. The number of nitrogens with zero attached hydrogens (tertiary/aromatic N) is 2. The molecule has 0 aromatic rings. The van der Waals surface area contributed by atoms with Crippen LogP contribution in [0, 0.1) is 5.92 Å². The van der Waals surface area contributed by atoms with Crippen LogP contribution in [0.4, 0.5) is 0 Å². The second kappa shape index (κ2) is 9.10. The summed E-state index contributed by atoms with van der Waals surface area (Å²) in [4.78, 5) is 27.9. The summed E-state index contributed by atoms with van der Waals surface area (Å²) in [5.41, 5.74) is 5.75. The van der Waals surface area contributed by atoms with Crippen LogP contribution in [0.2, 0.25) is 0 Å². The van der Waals surface area contributed by atoms with E-state index in [2.05, 4.69) is 17.3 Å². The number of likely N-dealkylation sites (N-methyl/N-ethyl adjacent to an activating group) is 1. The molecule has 1 fully saturated rings. The molecule has 1 saturated heterocycles. The van der Waals surface area contributed by atoms with Gasteiger partial charge in [0.1, 0.15) is 0 Å². The highest BCUT2D eigenvalue weighted by Crippen LogP contribution is 2.17. The minimum atomic E-state index is -0.561. The average molecular weight is 312 g/mol. The summed E-state index contributed by atoms with van der Waals surface area (Å²) < 4.78 is 0. The molecule has 22 heavy (non-hydrogen) atoms. The number of likely N-dealkylation sites (tertiary alicyclic amines) is 1. The van der Waals surface area contributed by atoms with E-state index >= 15 is 0 Å². The van der Waals surface area contributed by atoms with Gasteiger partial charge in [-0.1, -0.05) is 20.3 Å². The summed E-state index contributed by atoms with van der Waals surface area (Å²) in [5, 5.41) is 2.63. The van der Waals surface area contributed by atoms with Crippen LogP contribution in [0.25, 0.3) is 0 Å². The number of carbonyl (C=O) groups is 2. The molecule has 2 amide bonds. The standard InChI is InChI=1S/C16H32N4O2/c1-12(2)15(17)16(22)18-11-14(21)20(4)10-8-13-7-5-6-9-19(13)3/h12-13,15H,5-11,17H2,1-4H3,(H,18,22)/t13?,15-/m0/s1. The van der Waals surface area contributed by atoms with Gasteiger partial charge in [0.15, 0.2) is 0 Å². The van der Waals surface area contributed by atoms with E-state index in [4.69, 9.17) is 5.73 Å². The normalized spacial score (nSPS) is 20.7. The number of rotatable bonds is 7. The Balaban J connectivity index is 2.28. The Labute approximate surface area is 134 Å². The molecule has 1 unspecified atom stereocenters. The Morgan fingerprint density at radius 1 is 1.36 bits per heavy atom. The zero-order valence-electron chi connectivity index (χ0n) is 14.5. The third-order valence-electron chi connectivity index (χ3n) is 4.58. The van der Waals surface area contributed by atoms with E-state index in [9.17, 15) is 9.59 Å². The maximum absolute atomic E-state index is 12.1. The van der Waals surface area contributed by atoms with Gasteiger partial charge in [-0.15, -0.1) is 0 Å². The van der Waals surface area contributed by atoms with Crippen molar-refractivity contribution in [3.05, 3.63) is 0 Å². The minimum Gasteiger partial charge on any atom is -0.346 e. The molecular formula is C16H32N4O2. The van der Waals surface area contributed by atoms with Crippen molar-refractivity contribution in [3.8, 4) is 0 Å². The molecule has 1 aliphatic rings. The third-order valence-corrected chi connectivity index (χ3v) is 4.58. The second-order valence-electron chi connectivity index (χ2n) is 6.72. The lowest BCUT2D eigenvalue weighted by Gasteiger charge is -2.33. The van der Waals surface area contributed by atoms with Crippen LogP contribution in [-0.4, -0.2) is 67.4 Å². The predicted octanol–water partition coefficient (Wildman–Crippen LogP) is 0.419. The first-order valence-electron chi connectivity index (χ1n) is 8.30. The van der Waals surface area contributed by atoms with Crippen LogP contribution in [0.3, 0.4) is 0 Å². The van der Waals surface area contributed by atoms with Crippen molar-refractivity contribution in [1.82, 2.24) is 15.1 Å². The Hall–Kier alpha value is -1.14. The van der Waals surface area contributed by atoms with E-state index in [0.29, 0.717) is 6.04 Å². The van der Waals surface area contributed by atoms with Crippen molar-refractivity contribution in [2.75, 3.05) is 33.7 Å². The Morgan fingerprint density at radius 3 is 2.64 bits per heavy atom. The maximum Gasteiger partial charge on any atom is 0.241 e. The van der Waals surface area contributed by atoms with E-state index in [1.807, 2.05) is 13.8 Å². The average Bonchev–Trinajstić information content (AvgIpc) is 2.50. The van der Waals surface area contributed by atoms with Crippen molar-refractivity contribution < 1.29 is 9.59 Å². The highest BCUT2D eigenvalue weighted by Gasteiger charge is 2.21. The highest BCUT2D eigenvalue weighted by atomic mass is 16.2. The van der Waals surface area contributed by atoms with Gasteiger partial charge in [0.2, 0.25) is 11.8 Å². The van der Waals surface area contributed by atoms with Crippen LogP contribution in [0.5, 0.6) is 0 Å². The molecule has 0 saturated carbocycles. The summed E-state index contributed by atoms with van der Waals surface area (Å²) in [7, 11) is 3.94. The Kier molecular flexibility index (Phi) is 7.82. The number of hydrogen-bond donors (Lipinski definition) is 2. The molecule has 0 spiro atoms. The van der Waals surface area contributed by atoms with E-state index in [1.54, 1.807) is 11.9 Å². The fourth-order valence-corrected chi connectivity index (χ4v) is 2.69. The first-order chi connectivity index (χ1) is 10.3. The molecule has 1 rings (SSSR count). The van der Waals surface area contributed by atoms with E-state index in [0.717, 1.165) is 19.5 Å². The molecule has 0 aliphatic carbocycles. The van der Waals surface area contributed by atoms with Gasteiger partial charge >= 0.3 is 0 Å². The molecule has 3 N–H and O–H groups in total. The molecule has 6 heteroatoms. The lowest BCUT2D eigenvalue weighted by Crippen LogP contribution is -2.47. The largest absolute Gasteiger partial charge is 0.346 e. The van der Waals surface area contributed by atoms with Crippen LogP contribution >= 0.6 is 0 Å². The summed E-state index contributed by atoms with van der Waals surface area (Å²) in [5.74, 6) is -0.263. The number of nitrogens with two attached hydrogens (primary N) is 1. The zero-order valence-corrected chi connectivity index (χ0v) is 14.5. The van der Waals surface area contributed by atoms with Gasteiger partial charge in [-0.2, -0.15) is 0 Å². The van der Waals surface area contributed by atoms with Gasteiger partial charge in [0, 0.05) is 19.6 Å². The van der Waals surface area contributed by atoms with Crippen molar-refractivity contribution >= 4 is 11.8 Å². The quantitative estimate of drug-likeness (QED) is 0.714. The topological polar surface area (TPSA) is 78.7 Å². The molecule has 128 valence electrons. The van der Waals surface area contributed by atoms with E-state index in [1.165, 1.54) is 19.3 Å². The van der Waals surface area contributed by atoms with Gasteiger partial charge in [-0.3, -0.25) is 9.59 Å². The molecule has 2 atom stereocenters. The highest BCUT2D eigenvalue weighted by molar-refractivity contribution is 5.87. The summed E-state index contributed by atoms with van der Waals surface area (Å²) in [6.45, 7) is 5.67. The molecular weight excluding hydrogens is 280 g/mol. The van der Waals surface area contributed by atoms with Crippen molar-refractivity contribution in [3.63, 3.8) is 0 Å². The number of carbonyl (C=O) groups excluding carboxylic acids is 2. The molecule has 0 aromatic heterocycles. The van der Waals surface area contributed by atoms with Gasteiger partial charge in [-0.05, 0) is 38.8 Å². The predicted molar refractivity (Wildman–Crippen MR) is 88.3 cm³/mol. The number of piperidine rings is 1. The molecule has 1 aliphatic heterocycles. The summed E-state index contributed by atoms with van der Waals surface area (Å²) in [6.07, 6.45) is 4.73. The van der Waals surface area contributed by atoms with E-state index in [-0.39, 0.29) is 24.3 Å². The van der Waals surface area contributed by atoms with Crippen molar-refractivity contribution in [2.24, 2.45) is 11.7 Å². The fraction of sp³-hybridized carbons (Fsp3) is 0.875. The van der Waals surface area contributed by atoms with Crippen LogP contribution < -0.4 is 11.1 Å². The third kappa shape index (κ3) is 5.93. The molecule has 0 radical (unpaired) electrons. The van der Waals surface area contributed by atoms with Gasteiger partial charge in [0.05, 0.1) is 12.6 Å². The lowest BCUT2D eigenvalue weighted by molar-refractivity contribution is -0.132. The fourth-order valence-electron chi connectivity index (χ4n) is 2.69. The Morgan fingerprint density at radius 2 is 2.05 bits per heavy atom. The van der Waals surface area contributed by atoms with E-state index < -0.39 is 6.04 Å². The monoisotopic (exact) mass is 312 g/mol. The lowest BCUT2D eigenvalue weighted by atomic mass is 10.00. The first kappa shape index (κ1) is 18.9. The minimum absolute atomic E-state index is 0.0241. The summed E-state index contributed by atoms with van der Waals surface area (Å²) >= 11 is 0.